The zero-order valence-electron chi connectivity index (χ0n) is 20.9. The van der Waals surface area contributed by atoms with Gasteiger partial charge in [0.1, 0.15) is 18.0 Å². The Morgan fingerprint density at radius 1 is 1.08 bits per heavy atom. The van der Waals surface area contributed by atoms with Gasteiger partial charge in [0.05, 0.1) is 35.0 Å². The third-order valence-corrected chi connectivity index (χ3v) is 7.57. The first-order valence-electron chi connectivity index (χ1n) is 12.8. The lowest BCUT2D eigenvalue weighted by Gasteiger charge is -2.54. The van der Waals surface area contributed by atoms with Crippen molar-refractivity contribution < 1.29 is 4.79 Å². The number of para-hydroxylation sites is 1. The van der Waals surface area contributed by atoms with Crippen molar-refractivity contribution in [1.29, 1.82) is 10.5 Å². The molecular formula is C28H27N9O. The largest absolute Gasteiger partial charge is 0.346 e. The van der Waals surface area contributed by atoms with E-state index in [1.807, 2.05) is 52.8 Å². The highest BCUT2D eigenvalue weighted by Crippen LogP contribution is 2.38. The van der Waals surface area contributed by atoms with Crippen molar-refractivity contribution in [3.63, 3.8) is 0 Å². The minimum absolute atomic E-state index is 0.123. The molecule has 10 heteroatoms. The summed E-state index contributed by atoms with van der Waals surface area (Å²) in [4.78, 5) is 27.6. The Balaban J connectivity index is 1.32. The number of hydrogen-bond donors (Lipinski definition) is 1. The van der Waals surface area contributed by atoms with Gasteiger partial charge in [0, 0.05) is 55.7 Å². The van der Waals surface area contributed by atoms with Crippen LogP contribution in [0.2, 0.25) is 0 Å². The predicted octanol–water partition coefficient (Wildman–Crippen LogP) is 4.25. The second-order valence-corrected chi connectivity index (χ2v) is 9.92. The van der Waals surface area contributed by atoms with Crippen LogP contribution in [0.5, 0.6) is 0 Å². The fourth-order valence-electron chi connectivity index (χ4n) is 5.57. The highest BCUT2D eigenvalue weighted by Gasteiger charge is 2.49. The molecule has 3 aromatic heterocycles. The predicted molar refractivity (Wildman–Crippen MR) is 142 cm³/mol. The van der Waals surface area contributed by atoms with E-state index >= 15 is 0 Å². The van der Waals surface area contributed by atoms with Crippen molar-refractivity contribution in [3.05, 3.63) is 66.9 Å². The second-order valence-electron chi connectivity index (χ2n) is 9.92. The first-order chi connectivity index (χ1) is 18.6. The quantitative estimate of drug-likeness (QED) is 0.433. The average Bonchev–Trinajstić information content (AvgIpc) is 3.63. The molecule has 38 heavy (non-hydrogen) atoms. The molecule has 0 bridgehead atoms. The van der Waals surface area contributed by atoms with E-state index in [1.54, 1.807) is 23.5 Å². The number of nitriles is 2. The molecule has 1 N–H and O–H groups in total. The van der Waals surface area contributed by atoms with Crippen molar-refractivity contribution in [2.75, 3.05) is 31.2 Å². The van der Waals surface area contributed by atoms with Gasteiger partial charge in [0.15, 0.2) is 0 Å². The molecule has 0 atom stereocenters. The number of rotatable bonds is 5. The number of benzene rings is 1. The number of carbonyl (C=O) groups is 1. The van der Waals surface area contributed by atoms with Crippen LogP contribution in [0, 0.1) is 22.7 Å². The highest BCUT2D eigenvalue weighted by atomic mass is 16.2. The number of nitrogens with one attached hydrogen (secondary N) is 1. The number of piperidine rings is 1. The molecule has 4 aromatic rings. The SMILES string of the molecule is N#CCC1(n2ccc(-c3ncnc4[nH]ccc34)c2)CN(N(C(=O)N2CCCCC2)c2ccccc2C#N)C1. The second kappa shape index (κ2) is 9.66. The molecule has 2 amide bonds. The summed E-state index contributed by atoms with van der Waals surface area (Å²) < 4.78 is 2.07. The summed E-state index contributed by atoms with van der Waals surface area (Å²) in [6.07, 6.45) is 10.7. The van der Waals surface area contributed by atoms with Crippen molar-refractivity contribution in [2.45, 2.75) is 31.2 Å². The molecule has 1 aromatic carbocycles. The third-order valence-electron chi connectivity index (χ3n) is 7.57. The molecule has 2 aliphatic rings. The summed E-state index contributed by atoms with van der Waals surface area (Å²) in [7, 11) is 0. The van der Waals surface area contributed by atoms with Gasteiger partial charge in [-0.25, -0.2) is 24.8 Å². The maximum absolute atomic E-state index is 13.8. The minimum atomic E-state index is -0.515. The minimum Gasteiger partial charge on any atom is -0.346 e. The van der Waals surface area contributed by atoms with Gasteiger partial charge >= 0.3 is 6.03 Å². The van der Waals surface area contributed by atoms with Gasteiger partial charge < -0.3 is 14.5 Å². The summed E-state index contributed by atoms with van der Waals surface area (Å²) in [5.74, 6) is 0. The van der Waals surface area contributed by atoms with Crippen LogP contribution in [0.1, 0.15) is 31.2 Å². The number of fused-ring (bicyclic) bond motifs is 1. The molecule has 2 fully saturated rings. The summed E-state index contributed by atoms with van der Waals surface area (Å²) >= 11 is 0. The van der Waals surface area contributed by atoms with Crippen LogP contribution in [0.15, 0.2) is 61.3 Å². The van der Waals surface area contributed by atoms with E-state index < -0.39 is 5.54 Å². The average molecular weight is 506 g/mol. The number of amides is 2. The lowest BCUT2D eigenvalue weighted by Crippen LogP contribution is -2.69. The summed E-state index contributed by atoms with van der Waals surface area (Å²) in [5, 5.41) is 24.1. The molecule has 2 saturated heterocycles. The number of nitrogens with zero attached hydrogens (tertiary/aromatic N) is 8. The molecule has 10 nitrogen and oxygen atoms in total. The molecule has 0 radical (unpaired) electrons. The van der Waals surface area contributed by atoms with Gasteiger partial charge in [-0.1, -0.05) is 12.1 Å². The number of urea groups is 1. The van der Waals surface area contributed by atoms with Crippen LogP contribution in [-0.4, -0.2) is 61.6 Å². The standard InChI is InChI=1S/C28H27N9O/c29-11-10-28(35-15-9-22(17-35)25-23-8-12-31-26(23)33-20-32-25)18-36(19-28)37(24-7-3-2-6-21(24)16-30)27(38)34-13-4-1-5-14-34/h2-3,6-9,12,15,17,20H,1,4-5,10,13-14,18-19H2,(H,31,32,33). The van der Waals surface area contributed by atoms with Gasteiger partial charge in [-0.3, -0.25) is 0 Å². The zero-order valence-corrected chi connectivity index (χ0v) is 20.9. The van der Waals surface area contributed by atoms with Gasteiger partial charge in [-0.2, -0.15) is 10.5 Å². The Kier molecular flexibility index (Phi) is 6.02. The number of hydrazine groups is 1. The maximum Gasteiger partial charge on any atom is 0.339 e. The van der Waals surface area contributed by atoms with Crippen molar-refractivity contribution in [1.82, 2.24) is 29.4 Å². The topological polar surface area (TPSA) is 121 Å². The molecule has 0 unspecified atom stereocenters. The molecule has 0 spiro atoms. The van der Waals surface area contributed by atoms with E-state index in [1.165, 1.54) is 0 Å². The van der Waals surface area contributed by atoms with E-state index in [4.69, 9.17) is 0 Å². The van der Waals surface area contributed by atoms with Crippen LogP contribution >= 0.6 is 0 Å². The van der Waals surface area contributed by atoms with Crippen LogP contribution in [0.4, 0.5) is 10.5 Å². The fraction of sp³-hybridized carbons (Fsp3) is 0.321. The number of aromatic nitrogens is 4. The number of hydrogen-bond acceptors (Lipinski definition) is 6. The van der Waals surface area contributed by atoms with Gasteiger partial charge in [0.25, 0.3) is 0 Å². The number of carbonyl (C=O) groups excluding carboxylic acids is 1. The van der Waals surface area contributed by atoms with Crippen LogP contribution < -0.4 is 5.01 Å². The van der Waals surface area contributed by atoms with E-state index in [9.17, 15) is 15.3 Å². The van der Waals surface area contributed by atoms with Gasteiger partial charge in [0.2, 0.25) is 0 Å². The first-order valence-corrected chi connectivity index (χ1v) is 12.8. The lowest BCUT2D eigenvalue weighted by atomic mass is 9.87. The van der Waals surface area contributed by atoms with E-state index in [0.717, 1.165) is 41.6 Å². The van der Waals surface area contributed by atoms with Gasteiger partial charge in [-0.15, -0.1) is 0 Å². The van der Waals surface area contributed by atoms with Crippen molar-refractivity contribution in [2.24, 2.45) is 0 Å². The molecule has 0 aliphatic carbocycles. The van der Waals surface area contributed by atoms with Crippen LogP contribution in [0.3, 0.4) is 0 Å². The molecule has 2 aliphatic heterocycles. The van der Waals surface area contributed by atoms with Crippen molar-refractivity contribution in [3.8, 4) is 23.4 Å². The maximum atomic E-state index is 13.8. The summed E-state index contributed by atoms with van der Waals surface area (Å²) in [6.45, 7) is 2.32. The smallest absolute Gasteiger partial charge is 0.339 e. The Morgan fingerprint density at radius 3 is 2.68 bits per heavy atom. The highest BCUT2D eigenvalue weighted by molar-refractivity contribution is 5.93. The Morgan fingerprint density at radius 2 is 1.89 bits per heavy atom. The van der Waals surface area contributed by atoms with Crippen LogP contribution in [0.25, 0.3) is 22.3 Å². The van der Waals surface area contributed by atoms with E-state index in [0.29, 0.717) is 37.4 Å². The third kappa shape index (κ3) is 3.96. The Hall–Kier alpha value is -4.67. The molecule has 190 valence electrons. The number of aromatic amines is 1. The molecule has 6 rings (SSSR count). The van der Waals surface area contributed by atoms with E-state index in [2.05, 4.69) is 31.7 Å². The number of H-pyrrole nitrogens is 1. The fourth-order valence-corrected chi connectivity index (χ4v) is 5.57. The Bertz CT molecular complexity index is 1560. The lowest BCUT2D eigenvalue weighted by molar-refractivity contribution is 0.00797. The molecule has 0 saturated carbocycles. The summed E-state index contributed by atoms with van der Waals surface area (Å²) in [5.41, 5.74) is 3.02. The monoisotopic (exact) mass is 505 g/mol. The molecule has 5 heterocycles. The van der Waals surface area contributed by atoms with E-state index in [-0.39, 0.29) is 12.5 Å². The molecular weight excluding hydrogens is 478 g/mol. The summed E-state index contributed by atoms with van der Waals surface area (Å²) in [6, 6.07) is 15.6. The van der Waals surface area contributed by atoms with Crippen LogP contribution in [-0.2, 0) is 5.54 Å². The first kappa shape index (κ1) is 23.7. The number of anilines is 1. The normalized spacial score (nSPS) is 16.9. The van der Waals surface area contributed by atoms with Crippen molar-refractivity contribution >= 4 is 22.8 Å². The zero-order chi connectivity index (χ0) is 26.1. The number of likely N-dealkylation sites (tertiary alicyclic amines) is 1. The Labute approximate surface area is 220 Å². The van der Waals surface area contributed by atoms with Gasteiger partial charge in [-0.05, 0) is 43.5 Å².